The Morgan fingerprint density at radius 1 is 1.43 bits per heavy atom. The van der Waals surface area contributed by atoms with Gasteiger partial charge in [-0.05, 0) is 19.9 Å². The molecule has 0 aliphatic carbocycles. The summed E-state index contributed by atoms with van der Waals surface area (Å²) in [6.45, 7) is 3.61. The lowest BCUT2D eigenvalue weighted by atomic mass is 10.1. The molecule has 0 spiro atoms. The Bertz CT molecular complexity index is 730. The molecule has 1 aliphatic rings. The van der Waals surface area contributed by atoms with Crippen LogP contribution in [0.15, 0.2) is 24.4 Å². The molecule has 0 radical (unpaired) electrons. The van der Waals surface area contributed by atoms with Crippen LogP contribution in [-0.4, -0.2) is 64.4 Å². The number of carbonyl (C=O) groups is 1. The highest BCUT2D eigenvalue weighted by Gasteiger charge is 2.19. The van der Waals surface area contributed by atoms with Crippen molar-refractivity contribution in [2.45, 2.75) is 18.9 Å². The summed E-state index contributed by atoms with van der Waals surface area (Å²) in [7, 11) is 4.98. The van der Waals surface area contributed by atoms with Gasteiger partial charge in [0.05, 0.1) is 38.1 Å². The van der Waals surface area contributed by atoms with Gasteiger partial charge in [0.1, 0.15) is 0 Å². The number of piperazine rings is 1. The highest BCUT2D eigenvalue weighted by molar-refractivity contribution is 5.97. The summed E-state index contributed by atoms with van der Waals surface area (Å²) in [6, 6.07) is 5.65. The summed E-state index contributed by atoms with van der Waals surface area (Å²) in [5.74, 6) is 0.468. The molecule has 1 aliphatic heterocycles. The van der Waals surface area contributed by atoms with E-state index in [1.165, 1.54) is 26.5 Å². The average molecular weight is 388 g/mol. The van der Waals surface area contributed by atoms with Gasteiger partial charge < -0.3 is 29.7 Å². The predicted molar refractivity (Wildman–Crippen MR) is 107 cm³/mol. The Labute approximate surface area is 166 Å². The minimum atomic E-state index is -0.509. The van der Waals surface area contributed by atoms with Gasteiger partial charge in [0.15, 0.2) is 11.5 Å². The van der Waals surface area contributed by atoms with Crippen LogP contribution in [0.2, 0.25) is 0 Å². The fourth-order valence-electron chi connectivity index (χ4n) is 3.09. The van der Waals surface area contributed by atoms with Crippen LogP contribution < -0.4 is 20.1 Å². The topological polar surface area (TPSA) is 95.8 Å². The van der Waals surface area contributed by atoms with Crippen LogP contribution in [0, 0.1) is 11.3 Å². The van der Waals surface area contributed by atoms with Gasteiger partial charge in [-0.3, -0.25) is 0 Å². The standard InChI is InChI=1S/C20H28N4O4/c1-24-10-9-22-14-15(24)6-4-11-28-19-13-17(23-8-5-7-21)16(20(25)27-3)12-18(19)26-2/h5,8,12-13,15,22-23H,4,6,9-11,14H2,1-3H3. The Morgan fingerprint density at radius 2 is 2.25 bits per heavy atom. The number of ether oxygens (including phenoxy) is 3. The van der Waals surface area contributed by atoms with Gasteiger partial charge in [-0.15, -0.1) is 0 Å². The molecule has 1 aromatic carbocycles. The maximum Gasteiger partial charge on any atom is 0.340 e. The van der Waals surface area contributed by atoms with Crippen LogP contribution in [0.4, 0.5) is 5.69 Å². The Balaban J connectivity index is 2.06. The van der Waals surface area contributed by atoms with Gasteiger partial charge in [0.25, 0.3) is 0 Å². The van der Waals surface area contributed by atoms with E-state index in [9.17, 15) is 4.79 Å². The molecule has 2 rings (SSSR count). The van der Waals surface area contributed by atoms with E-state index in [-0.39, 0.29) is 0 Å². The first kappa shape index (κ1) is 21.5. The monoisotopic (exact) mass is 388 g/mol. The first-order valence-electron chi connectivity index (χ1n) is 9.26. The van der Waals surface area contributed by atoms with Crippen LogP contribution in [0.5, 0.6) is 11.5 Å². The number of anilines is 1. The fraction of sp³-hybridized carbons (Fsp3) is 0.500. The second-order valence-corrected chi connectivity index (χ2v) is 6.48. The van der Waals surface area contributed by atoms with E-state index in [1.807, 2.05) is 6.07 Å². The minimum Gasteiger partial charge on any atom is -0.493 e. The molecule has 0 saturated carbocycles. The fourth-order valence-corrected chi connectivity index (χ4v) is 3.09. The SMILES string of the molecule is COC(=O)c1cc(OC)c(OCCCC2CNCCN2C)cc1NC=CC#N. The highest BCUT2D eigenvalue weighted by Crippen LogP contribution is 2.34. The first-order valence-corrected chi connectivity index (χ1v) is 9.26. The van der Waals surface area contributed by atoms with Crippen molar-refractivity contribution in [3.8, 4) is 17.6 Å². The molecule has 0 aromatic heterocycles. The van der Waals surface area contributed by atoms with Crippen LogP contribution in [0.1, 0.15) is 23.2 Å². The molecule has 0 bridgehead atoms. The van der Waals surface area contributed by atoms with Crippen LogP contribution in [0.3, 0.4) is 0 Å². The third-order valence-corrected chi connectivity index (χ3v) is 4.69. The molecule has 1 saturated heterocycles. The lowest BCUT2D eigenvalue weighted by Gasteiger charge is -2.33. The number of hydrogen-bond acceptors (Lipinski definition) is 8. The molecule has 1 atom stereocenters. The van der Waals surface area contributed by atoms with Crippen LogP contribution >= 0.6 is 0 Å². The molecule has 1 aromatic rings. The summed E-state index contributed by atoms with van der Waals surface area (Å²) in [5, 5.41) is 15.0. The number of benzene rings is 1. The maximum atomic E-state index is 12.1. The minimum absolute atomic E-state index is 0.296. The summed E-state index contributed by atoms with van der Waals surface area (Å²) in [6.07, 6.45) is 4.65. The van der Waals surface area contributed by atoms with E-state index < -0.39 is 5.97 Å². The first-order chi connectivity index (χ1) is 13.6. The van der Waals surface area contributed by atoms with Crippen molar-refractivity contribution in [2.75, 3.05) is 52.8 Å². The second kappa shape index (κ2) is 11.2. The van der Waals surface area contributed by atoms with E-state index in [2.05, 4.69) is 22.6 Å². The van der Waals surface area contributed by atoms with Crippen molar-refractivity contribution in [1.29, 1.82) is 5.26 Å². The zero-order valence-corrected chi connectivity index (χ0v) is 16.7. The number of esters is 1. The molecule has 1 unspecified atom stereocenters. The quantitative estimate of drug-likeness (QED) is 0.377. The van der Waals surface area contributed by atoms with E-state index >= 15 is 0 Å². The molecule has 2 N–H and O–H groups in total. The Hall–Kier alpha value is -2.76. The number of hydrogen-bond donors (Lipinski definition) is 2. The molecular weight excluding hydrogens is 360 g/mol. The van der Waals surface area contributed by atoms with E-state index in [4.69, 9.17) is 19.5 Å². The van der Waals surface area contributed by atoms with Crippen molar-refractivity contribution in [3.63, 3.8) is 0 Å². The normalized spacial score (nSPS) is 17.1. The van der Waals surface area contributed by atoms with Crippen molar-refractivity contribution in [1.82, 2.24) is 10.2 Å². The molecule has 1 fully saturated rings. The van der Waals surface area contributed by atoms with Gasteiger partial charge >= 0.3 is 5.97 Å². The number of nitrogens with zero attached hydrogens (tertiary/aromatic N) is 2. The van der Waals surface area contributed by atoms with E-state index in [1.54, 1.807) is 12.1 Å². The third kappa shape index (κ3) is 5.87. The summed E-state index contributed by atoms with van der Waals surface area (Å²) < 4.78 is 16.1. The van der Waals surface area contributed by atoms with Crippen LogP contribution in [-0.2, 0) is 4.74 Å². The zero-order chi connectivity index (χ0) is 20.4. The number of nitriles is 1. The molecule has 28 heavy (non-hydrogen) atoms. The van der Waals surface area contributed by atoms with Crippen molar-refractivity contribution < 1.29 is 19.0 Å². The second-order valence-electron chi connectivity index (χ2n) is 6.48. The van der Waals surface area contributed by atoms with Gasteiger partial charge in [-0.25, -0.2) is 4.79 Å². The van der Waals surface area contributed by atoms with Crippen LogP contribution in [0.25, 0.3) is 0 Å². The van der Waals surface area contributed by atoms with E-state index in [0.717, 1.165) is 32.5 Å². The Morgan fingerprint density at radius 3 is 2.93 bits per heavy atom. The smallest absolute Gasteiger partial charge is 0.340 e. The predicted octanol–water partition coefficient (Wildman–Crippen LogP) is 1.99. The Kier molecular flexibility index (Phi) is 8.59. The third-order valence-electron chi connectivity index (χ3n) is 4.69. The number of allylic oxidation sites excluding steroid dienone is 1. The summed E-state index contributed by atoms with van der Waals surface area (Å²) in [5.41, 5.74) is 0.773. The molecule has 152 valence electrons. The lowest BCUT2D eigenvalue weighted by molar-refractivity contribution is 0.0601. The number of carbonyl (C=O) groups excluding carboxylic acids is 1. The average Bonchev–Trinajstić information content (AvgIpc) is 2.72. The number of nitrogens with one attached hydrogen (secondary N) is 2. The molecular formula is C20H28N4O4. The van der Waals surface area contributed by atoms with E-state index in [0.29, 0.717) is 35.4 Å². The van der Waals surface area contributed by atoms with Gasteiger partial charge in [-0.1, -0.05) is 0 Å². The maximum absolute atomic E-state index is 12.1. The number of rotatable bonds is 9. The molecule has 0 amide bonds. The van der Waals surface area contributed by atoms with Gasteiger partial charge in [0, 0.05) is 50.1 Å². The van der Waals surface area contributed by atoms with Crippen molar-refractivity contribution in [2.24, 2.45) is 0 Å². The molecule has 1 heterocycles. The zero-order valence-electron chi connectivity index (χ0n) is 16.7. The number of likely N-dealkylation sites (N-methyl/N-ethyl adjacent to an activating group) is 1. The van der Waals surface area contributed by atoms with Crippen molar-refractivity contribution >= 4 is 11.7 Å². The van der Waals surface area contributed by atoms with Gasteiger partial charge in [0.2, 0.25) is 0 Å². The number of methoxy groups -OCH3 is 2. The molecule has 8 heteroatoms. The summed E-state index contributed by atoms with van der Waals surface area (Å²) in [4.78, 5) is 14.4. The summed E-state index contributed by atoms with van der Waals surface area (Å²) >= 11 is 0. The van der Waals surface area contributed by atoms with Crippen molar-refractivity contribution in [3.05, 3.63) is 30.0 Å². The lowest BCUT2D eigenvalue weighted by Crippen LogP contribution is -2.49. The van der Waals surface area contributed by atoms with Gasteiger partial charge in [-0.2, -0.15) is 5.26 Å². The molecule has 8 nitrogen and oxygen atoms in total. The highest BCUT2D eigenvalue weighted by atomic mass is 16.5. The largest absolute Gasteiger partial charge is 0.493 e.